The SMILES string of the molecule is Cc1ccc(Nc2nc(Nc3ccccc3)c3nc[nH]c3n2)cc1. The molecule has 2 aromatic heterocycles. The average Bonchev–Trinajstić information content (AvgIpc) is 3.07. The molecule has 0 saturated heterocycles. The van der Waals surface area contributed by atoms with E-state index in [1.54, 1.807) is 6.33 Å². The van der Waals surface area contributed by atoms with Gasteiger partial charge in [0.1, 0.15) is 0 Å². The van der Waals surface area contributed by atoms with Crippen molar-refractivity contribution < 1.29 is 0 Å². The van der Waals surface area contributed by atoms with Crippen molar-refractivity contribution >= 4 is 34.3 Å². The summed E-state index contributed by atoms with van der Waals surface area (Å²) < 4.78 is 0. The third kappa shape index (κ3) is 2.89. The molecule has 118 valence electrons. The summed E-state index contributed by atoms with van der Waals surface area (Å²) in [6.07, 6.45) is 1.62. The number of fused-ring (bicyclic) bond motifs is 1. The van der Waals surface area contributed by atoms with Crippen LogP contribution in [0.15, 0.2) is 60.9 Å². The van der Waals surface area contributed by atoms with Crippen LogP contribution in [0, 0.1) is 6.92 Å². The molecule has 0 unspecified atom stereocenters. The Morgan fingerprint density at radius 3 is 2.38 bits per heavy atom. The maximum Gasteiger partial charge on any atom is 0.231 e. The molecule has 0 radical (unpaired) electrons. The van der Waals surface area contributed by atoms with Crippen molar-refractivity contribution in [1.82, 2.24) is 19.9 Å². The second-order valence-electron chi connectivity index (χ2n) is 5.48. The third-order valence-electron chi connectivity index (χ3n) is 3.62. The minimum atomic E-state index is 0.508. The highest BCUT2D eigenvalue weighted by atomic mass is 15.2. The molecule has 4 rings (SSSR count). The summed E-state index contributed by atoms with van der Waals surface area (Å²) in [6.45, 7) is 2.05. The van der Waals surface area contributed by atoms with E-state index >= 15 is 0 Å². The number of aromatic amines is 1. The number of aryl methyl sites for hydroxylation is 1. The van der Waals surface area contributed by atoms with Gasteiger partial charge in [0.25, 0.3) is 0 Å². The molecule has 0 aliphatic carbocycles. The number of nitrogens with zero attached hydrogens (tertiary/aromatic N) is 3. The molecule has 0 saturated carbocycles. The van der Waals surface area contributed by atoms with Crippen LogP contribution in [-0.4, -0.2) is 19.9 Å². The molecule has 6 nitrogen and oxygen atoms in total. The van der Waals surface area contributed by atoms with E-state index in [0.717, 1.165) is 11.4 Å². The summed E-state index contributed by atoms with van der Waals surface area (Å²) >= 11 is 0. The molecule has 4 aromatic rings. The Morgan fingerprint density at radius 2 is 1.58 bits per heavy atom. The van der Waals surface area contributed by atoms with Gasteiger partial charge in [0.05, 0.1) is 6.33 Å². The Morgan fingerprint density at radius 1 is 0.833 bits per heavy atom. The summed E-state index contributed by atoms with van der Waals surface area (Å²) in [5, 5.41) is 6.52. The van der Waals surface area contributed by atoms with Gasteiger partial charge >= 0.3 is 0 Å². The van der Waals surface area contributed by atoms with E-state index in [4.69, 9.17) is 0 Å². The molecule has 2 aromatic carbocycles. The molecular weight excluding hydrogens is 300 g/mol. The van der Waals surface area contributed by atoms with E-state index in [1.807, 2.05) is 54.6 Å². The Kier molecular flexibility index (Phi) is 3.55. The molecule has 24 heavy (non-hydrogen) atoms. The van der Waals surface area contributed by atoms with Crippen LogP contribution in [0.4, 0.5) is 23.1 Å². The van der Waals surface area contributed by atoms with Gasteiger partial charge in [0.2, 0.25) is 5.95 Å². The normalized spacial score (nSPS) is 10.7. The maximum absolute atomic E-state index is 4.57. The first-order chi connectivity index (χ1) is 11.8. The minimum absolute atomic E-state index is 0.508. The standard InChI is InChI=1S/C18H16N6/c1-12-7-9-14(10-8-12)22-18-23-16-15(19-11-20-16)17(24-18)21-13-5-3-2-4-6-13/h2-11H,1H3,(H3,19,20,21,22,23,24). The molecule has 0 atom stereocenters. The first-order valence-corrected chi connectivity index (χ1v) is 7.65. The quantitative estimate of drug-likeness (QED) is 0.527. The predicted molar refractivity (Wildman–Crippen MR) is 95.9 cm³/mol. The Balaban J connectivity index is 1.70. The lowest BCUT2D eigenvalue weighted by molar-refractivity contribution is 1.19. The second kappa shape index (κ2) is 6.00. The van der Waals surface area contributed by atoms with Crippen LogP contribution >= 0.6 is 0 Å². The van der Waals surface area contributed by atoms with Gasteiger partial charge in [0, 0.05) is 11.4 Å². The molecule has 0 aliphatic rings. The number of benzene rings is 2. The van der Waals surface area contributed by atoms with Crippen molar-refractivity contribution in [2.75, 3.05) is 10.6 Å². The molecule has 3 N–H and O–H groups in total. The predicted octanol–water partition coefficient (Wildman–Crippen LogP) is 4.15. The highest BCUT2D eigenvalue weighted by molar-refractivity contribution is 5.86. The summed E-state index contributed by atoms with van der Waals surface area (Å²) in [5.74, 6) is 1.16. The van der Waals surface area contributed by atoms with Gasteiger partial charge in [-0.15, -0.1) is 0 Å². The molecule has 0 spiro atoms. The van der Waals surface area contributed by atoms with Gasteiger partial charge < -0.3 is 15.6 Å². The monoisotopic (exact) mass is 316 g/mol. The van der Waals surface area contributed by atoms with Crippen molar-refractivity contribution in [3.63, 3.8) is 0 Å². The maximum atomic E-state index is 4.57. The molecule has 6 heteroatoms. The van der Waals surface area contributed by atoms with Crippen LogP contribution in [-0.2, 0) is 0 Å². The molecule has 0 aliphatic heterocycles. The number of imidazole rings is 1. The summed E-state index contributed by atoms with van der Waals surface area (Å²) in [5.41, 5.74) is 4.47. The van der Waals surface area contributed by atoms with Crippen molar-refractivity contribution in [2.24, 2.45) is 0 Å². The van der Waals surface area contributed by atoms with Gasteiger partial charge in [-0.1, -0.05) is 35.9 Å². The second-order valence-corrected chi connectivity index (χ2v) is 5.48. The van der Waals surface area contributed by atoms with Crippen LogP contribution in [0.25, 0.3) is 11.2 Å². The molecule has 0 amide bonds. The first-order valence-electron chi connectivity index (χ1n) is 7.65. The number of rotatable bonds is 4. The summed E-state index contributed by atoms with van der Waals surface area (Å²) in [6, 6.07) is 18.0. The van der Waals surface area contributed by atoms with Crippen LogP contribution in [0.1, 0.15) is 5.56 Å². The zero-order valence-corrected chi connectivity index (χ0v) is 13.1. The molecule has 2 heterocycles. The van der Waals surface area contributed by atoms with Crippen molar-refractivity contribution in [2.45, 2.75) is 6.92 Å². The largest absolute Gasteiger partial charge is 0.338 e. The smallest absolute Gasteiger partial charge is 0.231 e. The van der Waals surface area contributed by atoms with E-state index in [-0.39, 0.29) is 0 Å². The minimum Gasteiger partial charge on any atom is -0.338 e. The number of hydrogen-bond acceptors (Lipinski definition) is 5. The fraction of sp³-hybridized carbons (Fsp3) is 0.0556. The lowest BCUT2D eigenvalue weighted by Crippen LogP contribution is -2.02. The topological polar surface area (TPSA) is 78.5 Å². The first kappa shape index (κ1) is 14.2. The molecule has 0 bridgehead atoms. The molecule has 0 fully saturated rings. The van der Waals surface area contributed by atoms with Gasteiger partial charge in [-0.25, -0.2) is 4.98 Å². The van der Waals surface area contributed by atoms with Crippen LogP contribution < -0.4 is 10.6 Å². The zero-order valence-electron chi connectivity index (χ0n) is 13.1. The number of hydrogen-bond donors (Lipinski definition) is 3. The Bertz CT molecular complexity index is 960. The zero-order chi connectivity index (χ0) is 16.4. The summed E-state index contributed by atoms with van der Waals surface area (Å²) in [7, 11) is 0. The van der Waals surface area contributed by atoms with Gasteiger partial charge in [-0.05, 0) is 31.2 Å². The summed E-state index contributed by atoms with van der Waals surface area (Å²) in [4.78, 5) is 16.4. The highest BCUT2D eigenvalue weighted by Crippen LogP contribution is 2.24. The van der Waals surface area contributed by atoms with Crippen LogP contribution in [0.5, 0.6) is 0 Å². The van der Waals surface area contributed by atoms with Crippen molar-refractivity contribution in [1.29, 1.82) is 0 Å². The number of anilines is 4. The molecular formula is C18H16N6. The lowest BCUT2D eigenvalue weighted by atomic mass is 10.2. The highest BCUT2D eigenvalue weighted by Gasteiger charge is 2.10. The van der Waals surface area contributed by atoms with Gasteiger partial charge in [-0.3, -0.25) is 0 Å². The number of nitrogens with one attached hydrogen (secondary N) is 3. The van der Waals surface area contributed by atoms with Crippen molar-refractivity contribution in [3.05, 3.63) is 66.5 Å². The third-order valence-corrected chi connectivity index (χ3v) is 3.62. The van der Waals surface area contributed by atoms with Crippen LogP contribution in [0.3, 0.4) is 0 Å². The lowest BCUT2D eigenvalue weighted by Gasteiger charge is -2.09. The van der Waals surface area contributed by atoms with E-state index in [1.165, 1.54) is 5.56 Å². The van der Waals surface area contributed by atoms with E-state index in [0.29, 0.717) is 22.9 Å². The van der Waals surface area contributed by atoms with E-state index in [9.17, 15) is 0 Å². The van der Waals surface area contributed by atoms with Crippen LogP contribution in [0.2, 0.25) is 0 Å². The van der Waals surface area contributed by atoms with Gasteiger partial charge in [-0.2, -0.15) is 9.97 Å². The Hall–Kier alpha value is -3.41. The van der Waals surface area contributed by atoms with E-state index in [2.05, 4.69) is 37.5 Å². The van der Waals surface area contributed by atoms with Gasteiger partial charge in [0.15, 0.2) is 17.0 Å². The number of H-pyrrole nitrogens is 1. The Labute approximate surface area is 139 Å². The van der Waals surface area contributed by atoms with Crippen molar-refractivity contribution in [3.8, 4) is 0 Å². The van der Waals surface area contributed by atoms with E-state index < -0.39 is 0 Å². The fourth-order valence-electron chi connectivity index (χ4n) is 2.40. The number of aromatic nitrogens is 4. The fourth-order valence-corrected chi connectivity index (χ4v) is 2.40. The number of para-hydroxylation sites is 1. The average molecular weight is 316 g/mol.